The standard InChI is InChI=1S/C10H12N2O3S2/c13-9(12-2-1-4-16-5-3-12)8-11-7(6-17-8)10(14)15/h6H,1-5H2,(H,14,15). The molecule has 0 radical (unpaired) electrons. The minimum absolute atomic E-state index is 0.0532. The van der Waals surface area contributed by atoms with Crippen molar-refractivity contribution in [1.29, 1.82) is 0 Å². The van der Waals surface area contributed by atoms with Crippen molar-refractivity contribution in [1.82, 2.24) is 9.88 Å². The van der Waals surface area contributed by atoms with Gasteiger partial charge in [-0.05, 0) is 12.2 Å². The molecular formula is C10H12N2O3S2. The number of hydrogen-bond donors (Lipinski definition) is 1. The quantitative estimate of drug-likeness (QED) is 0.881. The normalized spacial score (nSPS) is 16.6. The number of thioether (sulfide) groups is 1. The van der Waals surface area contributed by atoms with Crippen molar-refractivity contribution in [3.63, 3.8) is 0 Å². The van der Waals surface area contributed by atoms with Gasteiger partial charge in [-0.2, -0.15) is 11.8 Å². The van der Waals surface area contributed by atoms with Crippen molar-refractivity contribution >= 4 is 35.0 Å². The van der Waals surface area contributed by atoms with Crippen molar-refractivity contribution < 1.29 is 14.7 Å². The summed E-state index contributed by atoms with van der Waals surface area (Å²) in [5.41, 5.74) is -0.0532. The zero-order chi connectivity index (χ0) is 12.3. The lowest BCUT2D eigenvalue weighted by atomic mass is 10.4. The van der Waals surface area contributed by atoms with Gasteiger partial charge in [0.2, 0.25) is 0 Å². The fraction of sp³-hybridized carbons (Fsp3) is 0.500. The largest absolute Gasteiger partial charge is 0.476 e. The van der Waals surface area contributed by atoms with Crippen molar-refractivity contribution in [3.8, 4) is 0 Å². The lowest BCUT2D eigenvalue weighted by molar-refractivity contribution is 0.0691. The van der Waals surface area contributed by atoms with Crippen LogP contribution in [0.3, 0.4) is 0 Å². The first-order valence-electron chi connectivity index (χ1n) is 5.24. The molecule has 1 saturated heterocycles. The molecule has 0 aliphatic carbocycles. The van der Waals surface area contributed by atoms with Crippen LogP contribution in [-0.4, -0.2) is 51.5 Å². The van der Waals surface area contributed by atoms with Crippen LogP contribution < -0.4 is 0 Å². The van der Waals surface area contributed by atoms with Crippen molar-refractivity contribution in [3.05, 3.63) is 16.1 Å². The van der Waals surface area contributed by atoms with Crippen LogP contribution in [0.15, 0.2) is 5.38 Å². The molecule has 1 fully saturated rings. The number of nitrogens with zero attached hydrogens (tertiary/aromatic N) is 2. The predicted octanol–water partition coefficient (Wildman–Crippen LogP) is 1.42. The molecule has 2 rings (SSSR count). The Balaban J connectivity index is 2.09. The molecule has 1 aromatic rings. The first-order chi connectivity index (χ1) is 8.18. The van der Waals surface area contributed by atoms with Gasteiger partial charge in [0.05, 0.1) is 0 Å². The first-order valence-corrected chi connectivity index (χ1v) is 7.28. The second-order valence-electron chi connectivity index (χ2n) is 3.60. The topological polar surface area (TPSA) is 70.5 Å². The number of aromatic carboxylic acids is 1. The number of rotatable bonds is 2. The van der Waals surface area contributed by atoms with E-state index >= 15 is 0 Å². The number of carboxylic acid groups (broad SMARTS) is 1. The zero-order valence-electron chi connectivity index (χ0n) is 9.09. The van der Waals surface area contributed by atoms with Gasteiger partial charge in [-0.3, -0.25) is 4.79 Å². The Bertz CT molecular complexity index is 425. The summed E-state index contributed by atoms with van der Waals surface area (Å²) >= 11 is 2.93. The fourth-order valence-electron chi connectivity index (χ4n) is 1.55. The molecule has 0 bridgehead atoms. The summed E-state index contributed by atoms with van der Waals surface area (Å²) in [6, 6.07) is 0. The Morgan fingerprint density at radius 1 is 1.35 bits per heavy atom. The molecule has 0 atom stereocenters. The van der Waals surface area contributed by atoms with Crippen LogP contribution >= 0.6 is 23.1 Å². The lowest BCUT2D eigenvalue weighted by Gasteiger charge is -2.18. The molecule has 5 nitrogen and oxygen atoms in total. The minimum atomic E-state index is -1.09. The van der Waals surface area contributed by atoms with E-state index in [-0.39, 0.29) is 16.6 Å². The summed E-state index contributed by atoms with van der Waals surface area (Å²) in [4.78, 5) is 28.3. The third-order valence-corrected chi connectivity index (χ3v) is 4.29. The van der Waals surface area contributed by atoms with E-state index in [1.807, 2.05) is 11.8 Å². The summed E-state index contributed by atoms with van der Waals surface area (Å²) < 4.78 is 0. The average molecular weight is 272 g/mol. The highest BCUT2D eigenvalue weighted by Crippen LogP contribution is 2.16. The van der Waals surface area contributed by atoms with Crippen molar-refractivity contribution in [2.75, 3.05) is 24.6 Å². The third-order valence-electron chi connectivity index (χ3n) is 2.42. The Hall–Kier alpha value is -1.08. The first kappa shape index (κ1) is 12.4. The monoisotopic (exact) mass is 272 g/mol. The number of amides is 1. The predicted molar refractivity (Wildman–Crippen MR) is 66.9 cm³/mol. The van der Waals surface area contributed by atoms with E-state index < -0.39 is 5.97 Å². The van der Waals surface area contributed by atoms with Crippen LogP contribution in [0.2, 0.25) is 0 Å². The molecule has 0 spiro atoms. The number of thiazole rings is 1. The number of hydrogen-bond acceptors (Lipinski definition) is 5. The van der Waals surface area contributed by atoms with Gasteiger partial charge in [0.25, 0.3) is 5.91 Å². The maximum absolute atomic E-state index is 12.1. The second kappa shape index (κ2) is 5.50. The molecule has 1 amide bonds. The van der Waals surface area contributed by atoms with E-state index in [2.05, 4.69) is 4.98 Å². The highest BCUT2D eigenvalue weighted by Gasteiger charge is 2.21. The summed E-state index contributed by atoms with van der Waals surface area (Å²) in [5.74, 6) is 0.766. The lowest BCUT2D eigenvalue weighted by Crippen LogP contribution is -2.32. The smallest absolute Gasteiger partial charge is 0.355 e. The van der Waals surface area contributed by atoms with Crippen LogP contribution in [0.1, 0.15) is 26.7 Å². The molecule has 2 heterocycles. The van der Waals surface area contributed by atoms with Gasteiger partial charge in [0, 0.05) is 24.2 Å². The molecule has 92 valence electrons. The molecule has 1 N–H and O–H groups in total. The van der Waals surface area contributed by atoms with Gasteiger partial charge in [0.15, 0.2) is 10.7 Å². The van der Waals surface area contributed by atoms with Crippen LogP contribution in [0.4, 0.5) is 0 Å². The number of aromatic nitrogens is 1. The Morgan fingerprint density at radius 3 is 2.88 bits per heavy atom. The molecule has 1 aromatic heterocycles. The highest BCUT2D eigenvalue weighted by molar-refractivity contribution is 7.99. The van der Waals surface area contributed by atoms with Gasteiger partial charge < -0.3 is 10.0 Å². The van der Waals surface area contributed by atoms with E-state index in [9.17, 15) is 9.59 Å². The summed E-state index contributed by atoms with van der Waals surface area (Å²) in [6.07, 6.45) is 0.980. The maximum Gasteiger partial charge on any atom is 0.355 e. The zero-order valence-corrected chi connectivity index (χ0v) is 10.7. The summed E-state index contributed by atoms with van der Waals surface area (Å²) in [6.45, 7) is 1.44. The Labute approximate surface area is 107 Å². The number of carboxylic acids is 1. The van der Waals surface area contributed by atoms with Gasteiger partial charge >= 0.3 is 5.97 Å². The van der Waals surface area contributed by atoms with Gasteiger partial charge in [-0.25, -0.2) is 9.78 Å². The molecule has 0 unspecified atom stereocenters. The van der Waals surface area contributed by atoms with Crippen molar-refractivity contribution in [2.45, 2.75) is 6.42 Å². The van der Waals surface area contributed by atoms with Gasteiger partial charge in [0.1, 0.15) is 0 Å². The fourth-order valence-corrected chi connectivity index (χ4v) is 3.20. The minimum Gasteiger partial charge on any atom is -0.476 e. The highest BCUT2D eigenvalue weighted by atomic mass is 32.2. The Morgan fingerprint density at radius 2 is 2.18 bits per heavy atom. The van der Waals surface area contributed by atoms with Crippen LogP contribution in [-0.2, 0) is 0 Å². The Kier molecular flexibility index (Phi) is 4.01. The molecular weight excluding hydrogens is 260 g/mol. The molecule has 0 aromatic carbocycles. The van der Waals surface area contributed by atoms with E-state index in [4.69, 9.17) is 5.11 Å². The van der Waals surface area contributed by atoms with E-state index in [1.54, 1.807) is 4.90 Å². The summed E-state index contributed by atoms with van der Waals surface area (Å²) in [5, 5.41) is 10.4. The van der Waals surface area contributed by atoms with Crippen molar-refractivity contribution in [2.24, 2.45) is 0 Å². The van der Waals surface area contributed by atoms with E-state index in [0.717, 1.165) is 35.8 Å². The van der Waals surface area contributed by atoms with Crippen LogP contribution in [0.25, 0.3) is 0 Å². The van der Waals surface area contributed by atoms with Crippen LogP contribution in [0.5, 0.6) is 0 Å². The van der Waals surface area contributed by atoms with Gasteiger partial charge in [-0.15, -0.1) is 11.3 Å². The third kappa shape index (κ3) is 2.98. The molecule has 0 saturated carbocycles. The van der Waals surface area contributed by atoms with E-state index in [0.29, 0.717) is 6.54 Å². The number of carbonyl (C=O) groups excluding carboxylic acids is 1. The SMILES string of the molecule is O=C(O)c1csc(C(=O)N2CCCSCC2)n1. The van der Waals surface area contributed by atoms with E-state index in [1.165, 1.54) is 5.38 Å². The molecule has 1 aliphatic rings. The van der Waals surface area contributed by atoms with Gasteiger partial charge in [-0.1, -0.05) is 0 Å². The molecule has 1 aliphatic heterocycles. The van der Waals surface area contributed by atoms with Crippen LogP contribution in [0, 0.1) is 0 Å². The number of carbonyl (C=O) groups is 2. The molecule has 17 heavy (non-hydrogen) atoms. The maximum atomic E-state index is 12.1. The second-order valence-corrected chi connectivity index (χ2v) is 5.68. The summed E-state index contributed by atoms with van der Waals surface area (Å²) in [7, 11) is 0. The average Bonchev–Trinajstić information content (AvgIpc) is 2.65. The molecule has 7 heteroatoms.